The number of hydrogen-bond donors (Lipinski definition) is 0. The summed E-state index contributed by atoms with van der Waals surface area (Å²) in [5.74, 6) is 0.839. The molecule has 3 nitrogen and oxygen atoms in total. The van der Waals surface area contributed by atoms with Gasteiger partial charge in [-0.2, -0.15) is 0 Å². The minimum Gasteiger partial charge on any atom is -0.489 e. The first-order valence-electron chi connectivity index (χ1n) is 8.04. The van der Waals surface area contributed by atoms with Crippen molar-refractivity contribution >= 4 is 12.6 Å². The van der Waals surface area contributed by atoms with Gasteiger partial charge in [-0.05, 0) is 30.1 Å². The molecule has 0 radical (unpaired) electrons. The zero-order valence-corrected chi connectivity index (χ0v) is 14.0. The molecular weight excluding hydrogens is 287 g/mol. The highest BCUT2D eigenvalue weighted by atomic mass is 16.6. The molecule has 120 valence electrons. The zero-order chi connectivity index (χ0) is 16.3. The van der Waals surface area contributed by atoms with Crippen LogP contribution < -0.4 is 10.2 Å². The maximum absolute atomic E-state index is 5.91. The van der Waals surface area contributed by atoms with Crippen molar-refractivity contribution in [3.05, 3.63) is 59.7 Å². The monoisotopic (exact) mass is 310 g/mol. The zero-order valence-electron chi connectivity index (χ0n) is 14.0. The number of ether oxygens (including phenoxy) is 1. The largest absolute Gasteiger partial charge is 0.494 e. The van der Waals surface area contributed by atoms with Gasteiger partial charge in [-0.15, -0.1) is 0 Å². The Labute approximate surface area is 138 Å². The summed E-state index contributed by atoms with van der Waals surface area (Å²) < 4.78 is 17.7. The summed E-state index contributed by atoms with van der Waals surface area (Å²) in [6.07, 6.45) is 0. The van der Waals surface area contributed by atoms with Crippen molar-refractivity contribution < 1.29 is 14.0 Å². The van der Waals surface area contributed by atoms with Crippen LogP contribution in [-0.4, -0.2) is 20.3 Å². The van der Waals surface area contributed by atoms with Crippen molar-refractivity contribution in [1.29, 1.82) is 0 Å². The van der Waals surface area contributed by atoms with Crippen molar-refractivity contribution in [2.75, 3.05) is 13.2 Å². The van der Waals surface area contributed by atoms with E-state index < -0.39 is 0 Å². The van der Waals surface area contributed by atoms with Crippen molar-refractivity contribution in [3.8, 4) is 5.75 Å². The molecular formula is C19H23BO3. The Hall–Kier alpha value is -1.78. The van der Waals surface area contributed by atoms with E-state index in [1.54, 1.807) is 0 Å². The van der Waals surface area contributed by atoms with E-state index in [0.717, 1.165) is 22.3 Å². The molecule has 1 heterocycles. The van der Waals surface area contributed by atoms with Crippen LogP contribution in [0.5, 0.6) is 5.75 Å². The average molecular weight is 310 g/mol. The minimum atomic E-state index is -0.302. The Balaban J connectivity index is 1.69. The van der Waals surface area contributed by atoms with Crippen LogP contribution in [0.25, 0.3) is 0 Å². The molecule has 1 aliphatic heterocycles. The van der Waals surface area contributed by atoms with E-state index in [-0.39, 0.29) is 12.5 Å². The van der Waals surface area contributed by atoms with E-state index in [4.69, 9.17) is 14.0 Å². The highest BCUT2D eigenvalue weighted by Gasteiger charge is 2.34. The van der Waals surface area contributed by atoms with Gasteiger partial charge in [0.1, 0.15) is 12.4 Å². The fraction of sp³-hybridized carbons (Fsp3) is 0.368. The van der Waals surface area contributed by atoms with Gasteiger partial charge in [-0.1, -0.05) is 55.8 Å². The van der Waals surface area contributed by atoms with Crippen molar-refractivity contribution in [2.45, 2.75) is 27.4 Å². The molecule has 23 heavy (non-hydrogen) atoms. The number of aryl methyl sites for hydroxylation is 1. The second-order valence-corrected chi connectivity index (χ2v) is 6.91. The van der Waals surface area contributed by atoms with Crippen LogP contribution >= 0.6 is 0 Å². The van der Waals surface area contributed by atoms with Gasteiger partial charge in [-0.3, -0.25) is 0 Å². The molecule has 3 rings (SSSR count). The lowest BCUT2D eigenvalue weighted by Gasteiger charge is -2.33. The maximum Gasteiger partial charge on any atom is 0.494 e. The second kappa shape index (κ2) is 6.77. The Morgan fingerprint density at radius 3 is 2.43 bits per heavy atom. The molecule has 0 spiro atoms. The molecule has 0 amide bonds. The highest BCUT2D eigenvalue weighted by molar-refractivity contribution is 6.62. The molecule has 1 aliphatic rings. The molecule has 0 saturated carbocycles. The van der Waals surface area contributed by atoms with Crippen LogP contribution in [0.2, 0.25) is 0 Å². The smallest absolute Gasteiger partial charge is 0.489 e. The number of hydrogen-bond acceptors (Lipinski definition) is 3. The summed E-state index contributed by atoms with van der Waals surface area (Å²) in [4.78, 5) is 0. The maximum atomic E-state index is 5.91. The van der Waals surface area contributed by atoms with Gasteiger partial charge in [0.2, 0.25) is 0 Å². The summed E-state index contributed by atoms with van der Waals surface area (Å²) >= 11 is 0. The molecule has 0 atom stereocenters. The van der Waals surface area contributed by atoms with Gasteiger partial charge >= 0.3 is 7.12 Å². The van der Waals surface area contributed by atoms with E-state index in [9.17, 15) is 0 Å². The van der Waals surface area contributed by atoms with E-state index in [1.807, 2.05) is 30.3 Å². The molecule has 4 heteroatoms. The van der Waals surface area contributed by atoms with Crippen LogP contribution in [-0.2, 0) is 15.9 Å². The first-order chi connectivity index (χ1) is 11.0. The minimum absolute atomic E-state index is 0.0752. The van der Waals surface area contributed by atoms with Crippen LogP contribution in [0.3, 0.4) is 0 Å². The lowest BCUT2D eigenvalue weighted by atomic mass is 9.73. The summed E-state index contributed by atoms with van der Waals surface area (Å²) in [6.45, 7) is 8.33. The van der Waals surface area contributed by atoms with Crippen molar-refractivity contribution in [3.63, 3.8) is 0 Å². The third kappa shape index (κ3) is 4.15. The van der Waals surface area contributed by atoms with E-state index in [1.165, 1.54) is 0 Å². The third-order valence-corrected chi connectivity index (χ3v) is 4.00. The Bertz CT molecular complexity index is 645. The van der Waals surface area contributed by atoms with Crippen LogP contribution in [0.1, 0.15) is 25.0 Å². The second-order valence-electron chi connectivity index (χ2n) is 6.91. The van der Waals surface area contributed by atoms with Gasteiger partial charge < -0.3 is 14.0 Å². The van der Waals surface area contributed by atoms with E-state index >= 15 is 0 Å². The standard InChI is InChI=1S/C19H23BO3/c1-15-9-10-17(21-12-16-7-5-4-6-8-16)11-18(15)20-22-13-19(2,3)14-23-20/h4-11H,12-14H2,1-3H3. The normalized spacial score (nSPS) is 17.1. The molecule has 0 aromatic heterocycles. The molecule has 2 aromatic carbocycles. The summed E-state index contributed by atoms with van der Waals surface area (Å²) in [5, 5.41) is 0. The topological polar surface area (TPSA) is 27.7 Å². The first kappa shape index (κ1) is 16.1. The fourth-order valence-corrected chi connectivity index (χ4v) is 2.58. The third-order valence-electron chi connectivity index (χ3n) is 4.00. The van der Waals surface area contributed by atoms with Gasteiger partial charge in [-0.25, -0.2) is 0 Å². The molecule has 0 aliphatic carbocycles. The van der Waals surface area contributed by atoms with Gasteiger partial charge in [0.15, 0.2) is 0 Å². The van der Waals surface area contributed by atoms with E-state index in [0.29, 0.717) is 19.8 Å². The van der Waals surface area contributed by atoms with Crippen LogP contribution in [0, 0.1) is 12.3 Å². The van der Waals surface area contributed by atoms with Crippen molar-refractivity contribution in [2.24, 2.45) is 5.41 Å². The summed E-state index contributed by atoms with van der Waals surface area (Å²) in [5.41, 5.74) is 3.43. The Morgan fingerprint density at radius 2 is 1.74 bits per heavy atom. The molecule has 0 bridgehead atoms. The van der Waals surface area contributed by atoms with Crippen molar-refractivity contribution in [1.82, 2.24) is 0 Å². The quantitative estimate of drug-likeness (QED) is 0.811. The van der Waals surface area contributed by atoms with Gasteiger partial charge in [0.05, 0.1) is 0 Å². The average Bonchev–Trinajstić information content (AvgIpc) is 2.55. The Kier molecular flexibility index (Phi) is 4.74. The summed E-state index contributed by atoms with van der Waals surface area (Å²) in [7, 11) is -0.302. The predicted molar refractivity (Wildman–Crippen MR) is 93.0 cm³/mol. The Morgan fingerprint density at radius 1 is 1.04 bits per heavy atom. The van der Waals surface area contributed by atoms with Gasteiger partial charge in [0, 0.05) is 18.6 Å². The molecule has 1 fully saturated rings. The summed E-state index contributed by atoms with van der Waals surface area (Å²) in [6, 6.07) is 16.2. The number of benzene rings is 2. The van der Waals surface area contributed by atoms with Crippen LogP contribution in [0.15, 0.2) is 48.5 Å². The SMILES string of the molecule is Cc1ccc(OCc2ccccc2)cc1B1OCC(C)(C)CO1. The lowest BCUT2D eigenvalue weighted by molar-refractivity contribution is 0.0342. The predicted octanol–water partition coefficient (Wildman–Crippen LogP) is 3.34. The number of rotatable bonds is 4. The molecule has 0 N–H and O–H groups in total. The van der Waals surface area contributed by atoms with Gasteiger partial charge in [0.25, 0.3) is 0 Å². The highest BCUT2D eigenvalue weighted by Crippen LogP contribution is 2.22. The fourth-order valence-electron chi connectivity index (χ4n) is 2.58. The van der Waals surface area contributed by atoms with Crippen LogP contribution in [0.4, 0.5) is 0 Å². The van der Waals surface area contributed by atoms with E-state index in [2.05, 4.69) is 39.0 Å². The molecule has 2 aromatic rings. The molecule has 1 saturated heterocycles. The lowest BCUT2D eigenvalue weighted by Crippen LogP contribution is -2.48. The molecule has 0 unspecified atom stereocenters. The first-order valence-corrected chi connectivity index (χ1v) is 8.04.